The molecular weight excluding hydrogens is 449 g/mol. The van der Waals surface area contributed by atoms with Gasteiger partial charge in [-0.2, -0.15) is 0 Å². The van der Waals surface area contributed by atoms with Crippen LogP contribution in [0.1, 0.15) is 26.3 Å². The number of ether oxygens (including phenoxy) is 2. The number of rotatable bonds is 4. The maximum atomic E-state index is 13.6. The van der Waals surface area contributed by atoms with E-state index >= 15 is 0 Å². The lowest BCUT2D eigenvalue weighted by molar-refractivity contribution is 0.0600. The average Bonchev–Trinajstić information content (AvgIpc) is 3.20. The first-order chi connectivity index (χ1) is 13.4. The lowest BCUT2D eigenvalue weighted by Gasteiger charge is -2.18. The summed E-state index contributed by atoms with van der Waals surface area (Å²) in [4.78, 5) is 29.6. The molecule has 0 bridgehead atoms. The Morgan fingerprint density at radius 1 is 1.07 bits per heavy atom. The van der Waals surface area contributed by atoms with Gasteiger partial charge >= 0.3 is 11.9 Å². The molecule has 0 unspecified atom stereocenters. The molecular formula is C20H15BrFNO4S. The molecule has 0 aliphatic carbocycles. The van der Waals surface area contributed by atoms with E-state index in [1.807, 2.05) is 0 Å². The molecule has 0 spiro atoms. The minimum atomic E-state index is -0.637. The number of aryl methyl sites for hydroxylation is 1. The van der Waals surface area contributed by atoms with Crippen molar-refractivity contribution < 1.29 is 23.5 Å². The highest BCUT2D eigenvalue weighted by atomic mass is 79.9. The van der Waals surface area contributed by atoms with Crippen LogP contribution in [0.15, 0.2) is 40.3 Å². The highest BCUT2D eigenvalue weighted by Crippen LogP contribution is 2.41. The van der Waals surface area contributed by atoms with Gasteiger partial charge in [0.25, 0.3) is 0 Å². The van der Waals surface area contributed by atoms with Crippen LogP contribution in [-0.4, -0.2) is 31.1 Å². The molecule has 28 heavy (non-hydrogen) atoms. The van der Waals surface area contributed by atoms with Gasteiger partial charge in [0, 0.05) is 21.6 Å². The van der Waals surface area contributed by atoms with Crippen molar-refractivity contribution in [2.75, 3.05) is 14.2 Å². The van der Waals surface area contributed by atoms with Gasteiger partial charge in [0.1, 0.15) is 10.8 Å². The number of hydrogen-bond acceptors (Lipinski definition) is 6. The highest BCUT2D eigenvalue weighted by molar-refractivity contribution is 9.10. The van der Waals surface area contributed by atoms with E-state index in [-0.39, 0.29) is 11.1 Å². The smallest absolute Gasteiger partial charge is 0.339 e. The topological polar surface area (TPSA) is 65.5 Å². The van der Waals surface area contributed by atoms with Crippen molar-refractivity contribution >= 4 is 39.2 Å². The summed E-state index contributed by atoms with van der Waals surface area (Å²) in [5.74, 6) is -1.64. The van der Waals surface area contributed by atoms with Crippen molar-refractivity contribution in [1.29, 1.82) is 0 Å². The molecule has 3 rings (SSSR count). The lowest BCUT2D eigenvalue weighted by Crippen LogP contribution is -2.14. The molecule has 144 valence electrons. The Bertz CT molecular complexity index is 1070. The molecule has 8 heteroatoms. The Hall–Kier alpha value is -2.58. The largest absolute Gasteiger partial charge is 0.465 e. The third kappa shape index (κ3) is 3.57. The molecule has 0 fully saturated rings. The van der Waals surface area contributed by atoms with Gasteiger partial charge in [0.05, 0.1) is 25.3 Å². The van der Waals surface area contributed by atoms with Crippen LogP contribution < -0.4 is 0 Å². The Morgan fingerprint density at radius 2 is 1.75 bits per heavy atom. The van der Waals surface area contributed by atoms with E-state index in [9.17, 15) is 14.0 Å². The third-order valence-corrected chi connectivity index (χ3v) is 5.62. The van der Waals surface area contributed by atoms with Gasteiger partial charge in [-0.25, -0.2) is 19.0 Å². The number of aromatic nitrogens is 1. The van der Waals surface area contributed by atoms with Crippen molar-refractivity contribution in [3.63, 3.8) is 0 Å². The number of halogens is 2. The summed E-state index contributed by atoms with van der Waals surface area (Å²) in [7, 11) is 2.53. The van der Waals surface area contributed by atoms with Crippen LogP contribution >= 0.6 is 27.3 Å². The zero-order chi connectivity index (χ0) is 20.4. The molecule has 0 N–H and O–H groups in total. The van der Waals surface area contributed by atoms with Crippen molar-refractivity contribution in [3.05, 3.63) is 62.8 Å². The fraction of sp³-hybridized carbons (Fsp3) is 0.150. The van der Waals surface area contributed by atoms with E-state index in [1.54, 1.807) is 30.6 Å². The Labute approximate surface area is 173 Å². The first-order valence-electron chi connectivity index (χ1n) is 8.08. The van der Waals surface area contributed by atoms with Crippen molar-refractivity contribution in [3.8, 4) is 21.7 Å². The van der Waals surface area contributed by atoms with Crippen LogP contribution in [0.3, 0.4) is 0 Å². The third-order valence-electron chi connectivity index (χ3n) is 4.17. The molecule has 0 atom stereocenters. The Balaban J connectivity index is 2.48. The molecule has 0 radical (unpaired) electrons. The SMILES string of the molecule is COC(=O)c1c(C)cc(-c2ccc(F)cc2Br)c(C(=O)OC)c1-c1nccs1. The number of carbonyl (C=O) groups excluding carboxylic acids is 2. The van der Waals surface area contributed by atoms with E-state index in [0.29, 0.717) is 31.7 Å². The van der Waals surface area contributed by atoms with E-state index in [2.05, 4.69) is 20.9 Å². The molecule has 1 aromatic heterocycles. The number of thiazole rings is 1. The summed E-state index contributed by atoms with van der Waals surface area (Å²) < 4.78 is 24.0. The fourth-order valence-electron chi connectivity index (χ4n) is 2.98. The number of esters is 2. The van der Waals surface area contributed by atoms with Gasteiger partial charge in [0.15, 0.2) is 0 Å². The normalized spacial score (nSPS) is 10.6. The molecule has 0 saturated heterocycles. The number of benzene rings is 2. The van der Waals surface area contributed by atoms with Gasteiger partial charge in [-0.3, -0.25) is 0 Å². The molecule has 0 saturated carbocycles. The molecule has 0 aliphatic rings. The minimum Gasteiger partial charge on any atom is -0.465 e. The van der Waals surface area contributed by atoms with E-state index < -0.39 is 17.8 Å². The quantitative estimate of drug-likeness (QED) is 0.493. The van der Waals surface area contributed by atoms with Crippen molar-refractivity contribution in [2.24, 2.45) is 0 Å². The van der Waals surface area contributed by atoms with Gasteiger partial charge in [-0.1, -0.05) is 22.0 Å². The second-order valence-electron chi connectivity index (χ2n) is 5.81. The molecule has 0 amide bonds. The van der Waals surface area contributed by atoms with Crippen LogP contribution in [0.5, 0.6) is 0 Å². The minimum absolute atomic E-state index is 0.163. The second kappa shape index (κ2) is 8.20. The average molecular weight is 464 g/mol. The lowest BCUT2D eigenvalue weighted by atomic mass is 9.88. The number of hydrogen-bond donors (Lipinski definition) is 0. The molecule has 1 heterocycles. The summed E-state index contributed by atoms with van der Waals surface area (Å²) in [5.41, 5.74) is 2.40. The molecule has 3 aromatic rings. The number of nitrogens with zero attached hydrogens (tertiary/aromatic N) is 1. The highest BCUT2D eigenvalue weighted by Gasteiger charge is 2.29. The molecule has 2 aromatic carbocycles. The summed E-state index contributed by atoms with van der Waals surface area (Å²) in [5, 5.41) is 2.22. The number of methoxy groups -OCH3 is 2. The monoisotopic (exact) mass is 463 g/mol. The van der Waals surface area contributed by atoms with E-state index in [0.717, 1.165) is 0 Å². The number of carbonyl (C=O) groups is 2. The fourth-order valence-corrected chi connectivity index (χ4v) is 4.24. The first kappa shape index (κ1) is 20.2. The summed E-state index contributed by atoms with van der Waals surface area (Å²) in [6.45, 7) is 1.74. The Kier molecular flexibility index (Phi) is 5.90. The molecule has 0 aliphatic heterocycles. The van der Waals surface area contributed by atoms with Crippen molar-refractivity contribution in [1.82, 2.24) is 4.98 Å². The van der Waals surface area contributed by atoms with Crippen molar-refractivity contribution in [2.45, 2.75) is 6.92 Å². The van der Waals surface area contributed by atoms with Gasteiger partial charge in [-0.05, 0) is 41.8 Å². The summed E-state index contributed by atoms with van der Waals surface area (Å²) in [6.07, 6.45) is 1.58. The van der Waals surface area contributed by atoms with Gasteiger partial charge < -0.3 is 9.47 Å². The summed E-state index contributed by atoms with van der Waals surface area (Å²) in [6, 6.07) is 5.86. The maximum absolute atomic E-state index is 13.6. The van der Waals surface area contributed by atoms with Crippen LogP contribution in [0.25, 0.3) is 21.7 Å². The standard InChI is InChI=1S/C20H15BrFNO4S/c1-10-8-13(12-5-4-11(22)9-14(12)21)16(20(25)27-3)17(15(10)19(24)26-2)18-23-6-7-28-18/h4-9H,1-3H3. The van der Waals surface area contributed by atoms with Crippen LogP contribution in [-0.2, 0) is 9.47 Å². The zero-order valence-corrected chi connectivity index (χ0v) is 17.6. The zero-order valence-electron chi connectivity index (χ0n) is 15.2. The first-order valence-corrected chi connectivity index (χ1v) is 9.75. The predicted octanol–water partition coefficient (Wildman–Crippen LogP) is 5.26. The predicted molar refractivity (Wildman–Crippen MR) is 108 cm³/mol. The second-order valence-corrected chi connectivity index (χ2v) is 7.56. The van der Waals surface area contributed by atoms with Crippen LogP contribution in [0.2, 0.25) is 0 Å². The van der Waals surface area contributed by atoms with Gasteiger partial charge in [-0.15, -0.1) is 11.3 Å². The van der Waals surface area contributed by atoms with Crippen LogP contribution in [0, 0.1) is 12.7 Å². The van der Waals surface area contributed by atoms with E-state index in [1.165, 1.54) is 37.7 Å². The van der Waals surface area contributed by atoms with Gasteiger partial charge in [0.2, 0.25) is 0 Å². The van der Waals surface area contributed by atoms with E-state index in [4.69, 9.17) is 9.47 Å². The Morgan fingerprint density at radius 3 is 2.32 bits per heavy atom. The molecule has 5 nitrogen and oxygen atoms in total. The maximum Gasteiger partial charge on any atom is 0.339 e. The van der Waals surface area contributed by atoms with Crippen LogP contribution in [0.4, 0.5) is 4.39 Å². The summed E-state index contributed by atoms with van der Waals surface area (Å²) >= 11 is 4.63.